The highest BCUT2D eigenvalue weighted by Gasteiger charge is 2.50. The summed E-state index contributed by atoms with van der Waals surface area (Å²) in [5, 5.41) is 4.92. The van der Waals surface area contributed by atoms with E-state index in [0.29, 0.717) is 19.4 Å². The van der Waals surface area contributed by atoms with Crippen LogP contribution in [0.15, 0.2) is 12.2 Å². The number of amides is 4. The number of carbonyl (C=O) groups excluding carboxylic acids is 5. The average molecular weight is 379 g/mol. The second-order valence-corrected chi connectivity index (χ2v) is 6.61. The molecule has 9 heteroatoms. The van der Waals surface area contributed by atoms with E-state index >= 15 is 0 Å². The lowest BCUT2D eigenvalue weighted by Crippen LogP contribution is -2.45. The second kappa shape index (κ2) is 9.29. The quantitative estimate of drug-likeness (QED) is 0.333. The van der Waals surface area contributed by atoms with Crippen molar-refractivity contribution in [2.24, 2.45) is 11.8 Å². The Balaban J connectivity index is 1.80. The van der Waals surface area contributed by atoms with Crippen LogP contribution in [0.1, 0.15) is 33.1 Å². The number of fused-ring (bicyclic) bond motifs is 1. The van der Waals surface area contributed by atoms with Gasteiger partial charge in [0, 0.05) is 6.54 Å². The average Bonchev–Trinajstić information content (AvgIpc) is 2.93. The Morgan fingerprint density at radius 3 is 2.26 bits per heavy atom. The molecule has 0 unspecified atom stereocenters. The maximum Gasteiger partial charge on any atom is 0.329 e. The molecular formula is C18H25N3O6. The maximum absolute atomic E-state index is 12.4. The van der Waals surface area contributed by atoms with Crippen molar-refractivity contribution in [3.63, 3.8) is 0 Å². The zero-order chi connectivity index (χ0) is 20.0. The molecule has 2 aliphatic rings. The van der Waals surface area contributed by atoms with Gasteiger partial charge in [0.1, 0.15) is 6.04 Å². The Hall–Kier alpha value is -2.71. The van der Waals surface area contributed by atoms with E-state index in [0.717, 1.165) is 11.3 Å². The van der Waals surface area contributed by atoms with E-state index in [9.17, 15) is 24.0 Å². The SMILES string of the molecule is CCCNC(=O)CNC(=O)COC(=O)[C@H](C)N1C(=O)[C@H]2CC=CC[C@@H]2C1=O. The molecule has 0 aromatic carbocycles. The van der Waals surface area contributed by atoms with E-state index in [2.05, 4.69) is 10.6 Å². The lowest BCUT2D eigenvalue weighted by atomic mass is 9.85. The lowest BCUT2D eigenvalue weighted by molar-refractivity contribution is -0.159. The molecule has 2 rings (SSSR count). The van der Waals surface area contributed by atoms with Gasteiger partial charge in [0.25, 0.3) is 5.91 Å². The molecule has 4 amide bonds. The molecule has 1 aliphatic carbocycles. The van der Waals surface area contributed by atoms with Crippen molar-refractivity contribution in [3.8, 4) is 0 Å². The number of nitrogens with one attached hydrogen (secondary N) is 2. The van der Waals surface area contributed by atoms with E-state index in [1.54, 1.807) is 0 Å². The normalized spacial score (nSPS) is 22.2. The minimum atomic E-state index is -1.10. The lowest BCUT2D eigenvalue weighted by Gasteiger charge is -2.21. The van der Waals surface area contributed by atoms with Gasteiger partial charge in [-0.1, -0.05) is 19.1 Å². The highest BCUT2D eigenvalue weighted by atomic mass is 16.5. The van der Waals surface area contributed by atoms with Gasteiger partial charge in [-0.15, -0.1) is 0 Å². The van der Waals surface area contributed by atoms with Crippen molar-refractivity contribution < 1.29 is 28.7 Å². The van der Waals surface area contributed by atoms with Crippen LogP contribution in [-0.2, 0) is 28.7 Å². The van der Waals surface area contributed by atoms with Crippen molar-refractivity contribution in [2.75, 3.05) is 19.7 Å². The van der Waals surface area contributed by atoms with Gasteiger partial charge in [-0.05, 0) is 26.2 Å². The first-order valence-corrected chi connectivity index (χ1v) is 9.08. The third-order valence-corrected chi connectivity index (χ3v) is 4.63. The standard InChI is InChI=1S/C18H25N3O6/c1-3-8-19-14(22)9-20-15(23)10-27-18(26)11(2)21-16(24)12-6-4-5-7-13(12)17(21)25/h4-5,11-13H,3,6-10H2,1-2H3,(H,19,22)(H,20,23)/t11-,12-,13-/m0/s1. The molecule has 0 aromatic rings. The number of allylic oxidation sites excluding steroid dienone is 2. The third kappa shape index (κ3) is 4.93. The summed E-state index contributed by atoms with van der Waals surface area (Å²) in [6.07, 6.45) is 5.46. The summed E-state index contributed by atoms with van der Waals surface area (Å²) in [6.45, 7) is 3.01. The molecule has 1 saturated heterocycles. The summed E-state index contributed by atoms with van der Waals surface area (Å²) >= 11 is 0. The van der Waals surface area contributed by atoms with Gasteiger partial charge in [0.2, 0.25) is 17.7 Å². The summed E-state index contributed by atoms with van der Waals surface area (Å²) in [7, 11) is 0. The fraction of sp³-hybridized carbons (Fsp3) is 0.611. The highest BCUT2D eigenvalue weighted by molar-refractivity contribution is 6.08. The van der Waals surface area contributed by atoms with Gasteiger partial charge >= 0.3 is 5.97 Å². The number of imide groups is 1. The van der Waals surface area contributed by atoms with Gasteiger partial charge < -0.3 is 15.4 Å². The van der Waals surface area contributed by atoms with E-state index in [-0.39, 0.29) is 24.3 Å². The number of hydrogen-bond donors (Lipinski definition) is 2. The topological polar surface area (TPSA) is 122 Å². The van der Waals surface area contributed by atoms with Gasteiger partial charge in [-0.25, -0.2) is 4.79 Å². The van der Waals surface area contributed by atoms with Crippen LogP contribution in [-0.4, -0.2) is 60.2 Å². The molecule has 2 N–H and O–H groups in total. The van der Waals surface area contributed by atoms with Crippen LogP contribution in [0.25, 0.3) is 0 Å². The number of nitrogens with zero attached hydrogens (tertiary/aromatic N) is 1. The Morgan fingerprint density at radius 1 is 1.11 bits per heavy atom. The van der Waals surface area contributed by atoms with E-state index in [1.165, 1.54) is 6.92 Å². The molecule has 3 atom stereocenters. The third-order valence-electron chi connectivity index (χ3n) is 4.63. The zero-order valence-corrected chi connectivity index (χ0v) is 15.5. The molecule has 0 radical (unpaired) electrons. The van der Waals surface area contributed by atoms with Crippen LogP contribution < -0.4 is 10.6 Å². The van der Waals surface area contributed by atoms with E-state index < -0.39 is 36.4 Å². The van der Waals surface area contributed by atoms with Crippen LogP contribution in [0, 0.1) is 11.8 Å². The molecule has 148 valence electrons. The summed E-state index contributed by atoms with van der Waals surface area (Å²) in [4.78, 5) is 61.1. The van der Waals surface area contributed by atoms with Gasteiger partial charge in [-0.2, -0.15) is 0 Å². The fourth-order valence-corrected chi connectivity index (χ4v) is 3.13. The molecule has 1 heterocycles. The molecule has 1 fully saturated rings. The molecule has 0 aromatic heterocycles. The number of hydrogen-bond acceptors (Lipinski definition) is 6. The highest BCUT2D eigenvalue weighted by Crippen LogP contribution is 2.36. The fourth-order valence-electron chi connectivity index (χ4n) is 3.13. The van der Waals surface area contributed by atoms with Crippen LogP contribution in [0.3, 0.4) is 0 Å². The van der Waals surface area contributed by atoms with Gasteiger partial charge in [0.15, 0.2) is 6.61 Å². The monoisotopic (exact) mass is 379 g/mol. The van der Waals surface area contributed by atoms with E-state index in [4.69, 9.17) is 4.74 Å². The minimum absolute atomic E-state index is 0.217. The van der Waals surface area contributed by atoms with Gasteiger partial charge in [-0.3, -0.25) is 24.1 Å². The number of esters is 1. The summed E-state index contributed by atoms with van der Waals surface area (Å²) in [6, 6.07) is -1.10. The second-order valence-electron chi connectivity index (χ2n) is 6.61. The molecule has 9 nitrogen and oxygen atoms in total. The van der Waals surface area contributed by atoms with Crippen molar-refractivity contribution in [1.29, 1.82) is 0 Å². The zero-order valence-electron chi connectivity index (χ0n) is 15.5. The number of ether oxygens (including phenoxy) is 1. The Bertz CT molecular complexity index is 633. The molecule has 0 saturated carbocycles. The molecule has 27 heavy (non-hydrogen) atoms. The minimum Gasteiger partial charge on any atom is -0.454 e. The van der Waals surface area contributed by atoms with Crippen molar-refractivity contribution in [3.05, 3.63) is 12.2 Å². The van der Waals surface area contributed by atoms with Crippen LogP contribution in [0.5, 0.6) is 0 Å². The largest absolute Gasteiger partial charge is 0.454 e. The first kappa shape index (κ1) is 20.6. The predicted octanol–water partition coefficient (Wildman–Crippen LogP) is -0.488. The van der Waals surface area contributed by atoms with Crippen molar-refractivity contribution in [2.45, 2.75) is 39.2 Å². The first-order valence-electron chi connectivity index (χ1n) is 9.08. The maximum atomic E-state index is 12.4. The number of rotatable bonds is 8. The van der Waals surface area contributed by atoms with Gasteiger partial charge in [0.05, 0.1) is 18.4 Å². The Labute approximate surface area is 157 Å². The number of carbonyl (C=O) groups is 5. The van der Waals surface area contributed by atoms with Crippen LogP contribution >= 0.6 is 0 Å². The first-order chi connectivity index (χ1) is 12.9. The molecule has 0 bridgehead atoms. The molecule has 0 spiro atoms. The smallest absolute Gasteiger partial charge is 0.329 e. The predicted molar refractivity (Wildman–Crippen MR) is 93.9 cm³/mol. The van der Waals surface area contributed by atoms with E-state index in [1.807, 2.05) is 19.1 Å². The van der Waals surface area contributed by atoms with Crippen LogP contribution in [0.2, 0.25) is 0 Å². The van der Waals surface area contributed by atoms with Crippen molar-refractivity contribution in [1.82, 2.24) is 15.5 Å². The summed E-state index contributed by atoms with van der Waals surface area (Å²) in [5.41, 5.74) is 0. The summed E-state index contributed by atoms with van der Waals surface area (Å²) < 4.78 is 4.90. The van der Waals surface area contributed by atoms with Crippen LogP contribution in [0.4, 0.5) is 0 Å². The van der Waals surface area contributed by atoms with Crippen molar-refractivity contribution >= 4 is 29.6 Å². The summed E-state index contributed by atoms with van der Waals surface area (Å²) in [5.74, 6) is -3.43. The molecular weight excluding hydrogens is 354 g/mol. The molecule has 1 aliphatic heterocycles. The Morgan fingerprint density at radius 2 is 1.70 bits per heavy atom. The number of likely N-dealkylation sites (tertiary alicyclic amines) is 1. The Kier molecular flexibility index (Phi) is 7.09.